The van der Waals surface area contributed by atoms with Crippen molar-refractivity contribution >= 4 is 36.5 Å². The fourth-order valence-electron chi connectivity index (χ4n) is 3.68. The zero-order chi connectivity index (χ0) is 29.9. The molecular weight excluding hydrogens is 548 g/mol. The van der Waals surface area contributed by atoms with Gasteiger partial charge in [0.1, 0.15) is 12.1 Å². The molecule has 0 aliphatic carbocycles. The van der Waals surface area contributed by atoms with Gasteiger partial charge in [0.25, 0.3) is 0 Å². The van der Waals surface area contributed by atoms with Crippen LogP contribution >= 0.6 is 12.6 Å². The van der Waals surface area contributed by atoms with E-state index in [0.717, 1.165) is 19.3 Å². The first kappa shape index (κ1) is 38.0. The highest BCUT2D eigenvalue weighted by Gasteiger charge is 2.29. The lowest BCUT2D eigenvalue weighted by Gasteiger charge is -2.24. The van der Waals surface area contributed by atoms with Crippen molar-refractivity contribution in [2.45, 2.75) is 85.3 Å². The summed E-state index contributed by atoms with van der Waals surface area (Å²) in [7, 11) is 1.42. The highest BCUT2D eigenvalue weighted by atomic mass is 32.1. The molecule has 3 amide bonds. The fraction of sp³-hybridized carbons (Fsp3) is 0.655. The molecule has 0 heterocycles. The van der Waals surface area contributed by atoms with Crippen molar-refractivity contribution in [1.29, 1.82) is 0 Å². The van der Waals surface area contributed by atoms with Crippen LogP contribution < -0.4 is 31.2 Å². The van der Waals surface area contributed by atoms with E-state index in [1.807, 2.05) is 20.8 Å². The van der Waals surface area contributed by atoms with Crippen molar-refractivity contribution in [2.24, 2.45) is 11.7 Å². The number of amides is 3. The van der Waals surface area contributed by atoms with E-state index in [-0.39, 0.29) is 49.6 Å². The summed E-state index contributed by atoms with van der Waals surface area (Å²) in [6, 6.07) is 3.91. The van der Waals surface area contributed by atoms with Crippen LogP contribution in [-0.4, -0.2) is 62.4 Å². The standard InChI is InChI=1S/C28H46N4O7S.CH4/c1-5-15-30-28(36)39-23(18-31-24(33)13-16-40)20-11-12-21(22(17-20)37-4)38-27(35)26(19(3)6-2)32-25(34)10-8-7-9-14-29;/h11-12,17,19,23,26,40H,5-10,13-16,18,29H2,1-4H3,(H,30,36)(H,31,33)(H,32,34);1H4/t19-,23?,26-;/m0./s1. The van der Waals surface area contributed by atoms with Crippen molar-refractivity contribution in [1.82, 2.24) is 16.0 Å². The van der Waals surface area contributed by atoms with Gasteiger partial charge in [0.05, 0.1) is 13.7 Å². The van der Waals surface area contributed by atoms with Gasteiger partial charge in [0.15, 0.2) is 11.5 Å². The zero-order valence-electron chi connectivity index (χ0n) is 24.1. The second-order valence-electron chi connectivity index (χ2n) is 9.46. The van der Waals surface area contributed by atoms with Crippen LogP contribution in [0.1, 0.15) is 84.8 Å². The predicted octanol–water partition coefficient (Wildman–Crippen LogP) is 3.90. The molecule has 234 valence electrons. The van der Waals surface area contributed by atoms with Crippen LogP contribution in [0.2, 0.25) is 0 Å². The fourth-order valence-corrected chi connectivity index (χ4v) is 3.89. The van der Waals surface area contributed by atoms with Gasteiger partial charge in [-0.25, -0.2) is 9.59 Å². The molecule has 0 bridgehead atoms. The van der Waals surface area contributed by atoms with Crippen LogP contribution in [0, 0.1) is 5.92 Å². The molecule has 12 heteroatoms. The molecule has 1 rings (SSSR count). The summed E-state index contributed by atoms with van der Waals surface area (Å²) in [6.45, 7) is 6.77. The van der Waals surface area contributed by atoms with Crippen molar-refractivity contribution in [3.8, 4) is 11.5 Å². The molecule has 0 fully saturated rings. The number of carbonyl (C=O) groups is 4. The monoisotopic (exact) mass is 598 g/mol. The van der Waals surface area contributed by atoms with Crippen LogP contribution in [0.4, 0.5) is 4.79 Å². The van der Waals surface area contributed by atoms with E-state index in [9.17, 15) is 19.2 Å². The van der Waals surface area contributed by atoms with E-state index in [2.05, 4.69) is 28.6 Å². The number of hydrogen-bond donors (Lipinski definition) is 5. The summed E-state index contributed by atoms with van der Waals surface area (Å²) in [4.78, 5) is 49.9. The van der Waals surface area contributed by atoms with Gasteiger partial charge < -0.3 is 35.9 Å². The Morgan fingerprint density at radius 1 is 1.00 bits per heavy atom. The summed E-state index contributed by atoms with van der Waals surface area (Å²) in [5.41, 5.74) is 6.03. The number of carbonyl (C=O) groups excluding carboxylic acids is 4. The third-order valence-corrected chi connectivity index (χ3v) is 6.48. The Morgan fingerprint density at radius 2 is 1.73 bits per heavy atom. The molecule has 3 atom stereocenters. The maximum absolute atomic E-state index is 13.2. The first-order valence-corrected chi connectivity index (χ1v) is 14.5. The quantitative estimate of drug-likeness (QED) is 0.0694. The number of alkyl carbamates (subject to hydrolysis) is 1. The second-order valence-corrected chi connectivity index (χ2v) is 9.91. The lowest BCUT2D eigenvalue weighted by Crippen LogP contribution is -2.47. The van der Waals surface area contributed by atoms with Crippen LogP contribution in [-0.2, 0) is 19.1 Å². The van der Waals surface area contributed by atoms with Gasteiger partial charge in [0.2, 0.25) is 11.8 Å². The number of unbranched alkanes of at least 4 members (excludes halogenated alkanes) is 2. The van der Waals surface area contributed by atoms with Crippen LogP contribution in [0.15, 0.2) is 18.2 Å². The largest absolute Gasteiger partial charge is 0.493 e. The minimum Gasteiger partial charge on any atom is -0.493 e. The first-order valence-electron chi connectivity index (χ1n) is 13.9. The SMILES string of the molecule is C.CCCNC(=O)OC(CNC(=O)CCS)c1ccc(OC(=O)[C@@H](NC(=O)CCCCCN)[C@@H](C)CC)c(OC)c1. The summed E-state index contributed by atoms with van der Waals surface area (Å²) in [5, 5.41) is 8.20. The van der Waals surface area contributed by atoms with Crippen molar-refractivity contribution in [2.75, 3.05) is 32.5 Å². The highest BCUT2D eigenvalue weighted by molar-refractivity contribution is 7.80. The Balaban J connectivity index is 0.0000160. The summed E-state index contributed by atoms with van der Waals surface area (Å²) in [5.74, 6) is -0.460. The third kappa shape index (κ3) is 14.5. The number of ether oxygens (including phenoxy) is 3. The van der Waals surface area contributed by atoms with Gasteiger partial charge in [-0.2, -0.15) is 12.6 Å². The Morgan fingerprint density at radius 3 is 2.34 bits per heavy atom. The van der Waals surface area contributed by atoms with Crippen LogP contribution in [0.5, 0.6) is 11.5 Å². The Kier molecular flexibility index (Phi) is 20.1. The van der Waals surface area contributed by atoms with E-state index in [4.69, 9.17) is 19.9 Å². The van der Waals surface area contributed by atoms with Crippen molar-refractivity contribution in [3.05, 3.63) is 23.8 Å². The molecule has 0 saturated carbocycles. The molecule has 0 aliphatic rings. The maximum Gasteiger partial charge on any atom is 0.407 e. The van der Waals surface area contributed by atoms with E-state index in [1.165, 1.54) is 13.2 Å². The molecule has 0 spiro atoms. The third-order valence-electron chi connectivity index (χ3n) is 6.25. The smallest absolute Gasteiger partial charge is 0.407 e. The molecule has 41 heavy (non-hydrogen) atoms. The van der Waals surface area contributed by atoms with Gasteiger partial charge in [-0.05, 0) is 55.2 Å². The number of hydrogen-bond acceptors (Lipinski definition) is 9. The van der Waals surface area contributed by atoms with Gasteiger partial charge in [-0.15, -0.1) is 0 Å². The summed E-state index contributed by atoms with van der Waals surface area (Å²) >= 11 is 4.07. The number of nitrogens with one attached hydrogen (secondary N) is 3. The molecule has 11 nitrogen and oxygen atoms in total. The van der Waals surface area contributed by atoms with Crippen LogP contribution in [0.25, 0.3) is 0 Å². The Labute approximate surface area is 250 Å². The highest BCUT2D eigenvalue weighted by Crippen LogP contribution is 2.32. The zero-order valence-corrected chi connectivity index (χ0v) is 25.0. The van der Waals surface area contributed by atoms with Gasteiger partial charge >= 0.3 is 12.1 Å². The molecule has 1 aromatic rings. The minimum atomic E-state index is -0.836. The lowest BCUT2D eigenvalue weighted by molar-refractivity contribution is -0.141. The topological polar surface area (TPSA) is 158 Å². The summed E-state index contributed by atoms with van der Waals surface area (Å²) < 4.78 is 16.7. The number of nitrogens with two attached hydrogens (primary N) is 1. The predicted molar refractivity (Wildman–Crippen MR) is 163 cm³/mol. The molecule has 1 unspecified atom stereocenters. The van der Waals surface area contributed by atoms with Crippen molar-refractivity contribution < 1.29 is 33.4 Å². The molecule has 5 N–H and O–H groups in total. The normalized spacial score (nSPS) is 12.6. The van der Waals surface area contributed by atoms with E-state index < -0.39 is 24.2 Å². The number of thiol groups is 1. The van der Waals surface area contributed by atoms with E-state index in [1.54, 1.807) is 12.1 Å². The molecule has 0 aromatic heterocycles. The van der Waals surface area contributed by atoms with Gasteiger partial charge in [-0.3, -0.25) is 9.59 Å². The van der Waals surface area contributed by atoms with Crippen LogP contribution in [0.3, 0.4) is 0 Å². The number of rotatable bonds is 19. The number of methoxy groups -OCH3 is 1. The van der Waals surface area contributed by atoms with Crippen molar-refractivity contribution in [3.63, 3.8) is 0 Å². The van der Waals surface area contributed by atoms with E-state index in [0.29, 0.717) is 43.7 Å². The molecular formula is C29H50N4O7S. The molecule has 1 aromatic carbocycles. The summed E-state index contributed by atoms with van der Waals surface area (Å²) in [6.07, 6.45) is 2.83. The molecule has 0 saturated heterocycles. The van der Waals surface area contributed by atoms with E-state index >= 15 is 0 Å². The molecule has 0 aliphatic heterocycles. The molecule has 0 radical (unpaired) electrons. The lowest BCUT2D eigenvalue weighted by atomic mass is 9.99. The number of benzene rings is 1. The number of esters is 1. The average molecular weight is 599 g/mol. The minimum absolute atomic E-state index is 0. The maximum atomic E-state index is 13.2. The van der Waals surface area contributed by atoms with Gasteiger partial charge in [-0.1, -0.05) is 47.1 Å². The Hall–Kier alpha value is -2.99. The second kappa shape index (κ2) is 21.7. The first-order chi connectivity index (χ1) is 19.2. The Bertz CT molecular complexity index is 948. The van der Waals surface area contributed by atoms with Gasteiger partial charge in [0, 0.05) is 19.4 Å². The average Bonchev–Trinajstić information content (AvgIpc) is 2.94.